The van der Waals surface area contributed by atoms with Crippen LogP contribution < -0.4 is 10.1 Å². The number of nitrogens with one attached hydrogen (secondary N) is 1. The van der Waals surface area contributed by atoms with Gasteiger partial charge in [-0.3, -0.25) is 10.1 Å². The first-order chi connectivity index (χ1) is 14.9. The number of hydrogen-bond acceptors (Lipinski definition) is 4. The molecule has 2 heterocycles. The molecule has 1 aliphatic carbocycles. The first-order valence-electron chi connectivity index (χ1n) is 11.0. The van der Waals surface area contributed by atoms with Crippen molar-refractivity contribution in [3.63, 3.8) is 0 Å². The predicted octanol–water partition coefficient (Wildman–Crippen LogP) is 2.91. The number of hydrogen-bond donors (Lipinski definition) is 1. The molecule has 2 saturated heterocycles. The number of carbonyl (C=O) groups is 2. The summed E-state index contributed by atoms with van der Waals surface area (Å²) in [6.07, 6.45) is 4.03. The van der Waals surface area contributed by atoms with Crippen molar-refractivity contribution in [3.8, 4) is 5.75 Å². The van der Waals surface area contributed by atoms with Gasteiger partial charge in [-0.15, -0.1) is 0 Å². The molecular formula is C22H29FN4O3S. The van der Waals surface area contributed by atoms with Gasteiger partial charge in [0.2, 0.25) is 5.91 Å². The molecule has 3 amide bonds. The molecule has 168 valence electrons. The molecule has 0 bridgehead atoms. The van der Waals surface area contributed by atoms with Crippen LogP contribution in [0.5, 0.6) is 5.75 Å². The maximum atomic E-state index is 14.1. The molecule has 0 unspecified atom stereocenters. The average Bonchev–Trinajstić information content (AvgIpc) is 3.42. The molecular weight excluding hydrogens is 419 g/mol. The van der Waals surface area contributed by atoms with Gasteiger partial charge in [0.05, 0.1) is 12.6 Å². The smallest absolute Gasteiger partial charge is 0.324 e. The summed E-state index contributed by atoms with van der Waals surface area (Å²) in [5.74, 6) is 0.330. The number of rotatable bonds is 10. The van der Waals surface area contributed by atoms with Crippen LogP contribution in [-0.2, 0) is 4.79 Å². The van der Waals surface area contributed by atoms with Crippen LogP contribution in [0.15, 0.2) is 18.2 Å². The second kappa shape index (κ2) is 9.38. The molecule has 3 aliphatic rings. The van der Waals surface area contributed by atoms with Crippen molar-refractivity contribution in [2.24, 2.45) is 5.92 Å². The summed E-state index contributed by atoms with van der Waals surface area (Å²) in [6, 6.07) is 4.81. The lowest BCUT2D eigenvalue weighted by molar-refractivity contribution is -0.118. The first kappa shape index (κ1) is 21.8. The van der Waals surface area contributed by atoms with Gasteiger partial charge < -0.3 is 19.4 Å². The van der Waals surface area contributed by atoms with Gasteiger partial charge in [0.25, 0.3) is 0 Å². The number of imide groups is 1. The van der Waals surface area contributed by atoms with Crippen LogP contribution in [-0.4, -0.2) is 71.1 Å². The van der Waals surface area contributed by atoms with Crippen LogP contribution in [0.1, 0.15) is 44.2 Å². The molecule has 1 aromatic rings. The second-order valence-electron chi connectivity index (χ2n) is 8.57. The van der Waals surface area contributed by atoms with Gasteiger partial charge in [-0.2, -0.15) is 0 Å². The summed E-state index contributed by atoms with van der Waals surface area (Å²) in [4.78, 5) is 28.7. The second-order valence-corrected chi connectivity index (χ2v) is 8.93. The lowest BCUT2D eigenvalue weighted by Gasteiger charge is -2.28. The molecule has 1 atom stereocenters. The number of unbranched alkanes of at least 4 members (excludes halogenated alkanes) is 1. The van der Waals surface area contributed by atoms with Crippen molar-refractivity contribution in [3.05, 3.63) is 29.6 Å². The van der Waals surface area contributed by atoms with E-state index in [2.05, 4.69) is 22.0 Å². The monoisotopic (exact) mass is 448 g/mol. The van der Waals surface area contributed by atoms with Gasteiger partial charge in [-0.1, -0.05) is 6.07 Å². The van der Waals surface area contributed by atoms with Crippen molar-refractivity contribution >= 4 is 29.3 Å². The summed E-state index contributed by atoms with van der Waals surface area (Å²) < 4.78 is 19.8. The lowest BCUT2D eigenvalue weighted by Crippen LogP contribution is -2.34. The molecule has 0 radical (unpaired) electrons. The summed E-state index contributed by atoms with van der Waals surface area (Å²) in [5, 5.41) is 3.09. The van der Waals surface area contributed by atoms with Crippen molar-refractivity contribution in [1.29, 1.82) is 0 Å². The zero-order valence-corrected chi connectivity index (χ0v) is 18.6. The molecule has 1 N–H and O–H groups in total. The Bertz CT molecular complexity index is 863. The number of amides is 3. The van der Waals surface area contributed by atoms with Crippen molar-refractivity contribution in [2.45, 2.75) is 38.6 Å². The zero-order chi connectivity index (χ0) is 22.0. The van der Waals surface area contributed by atoms with Gasteiger partial charge in [0, 0.05) is 26.2 Å². The van der Waals surface area contributed by atoms with Crippen LogP contribution in [0.3, 0.4) is 0 Å². The molecule has 7 nitrogen and oxygen atoms in total. The Morgan fingerprint density at radius 3 is 2.61 bits per heavy atom. The van der Waals surface area contributed by atoms with Crippen molar-refractivity contribution < 1.29 is 18.7 Å². The SMILES string of the molecule is C[C@H](c1ccc(F)c(OCC2CC2)c1)N1CCN(CCCCN2CC(=O)NC2=O)C1=S. The molecule has 0 spiro atoms. The number of thiocarbonyl (C=S) groups is 1. The Kier molecular flexibility index (Phi) is 6.60. The van der Waals surface area contributed by atoms with Crippen LogP contribution >= 0.6 is 12.2 Å². The van der Waals surface area contributed by atoms with E-state index in [-0.39, 0.29) is 30.3 Å². The largest absolute Gasteiger partial charge is 0.490 e. The lowest BCUT2D eigenvalue weighted by atomic mass is 10.1. The third kappa shape index (κ3) is 5.26. The number of benzene rings is 1. The molecule has 0 aromatic heterocycles. The van der Waals surface area contributed by atoms with E-state index < -0.39 is 0 Å². The standard InChI is InChI=1S/C22H29FN4O3S/c1-15(17-6-7-18(23)19(12-17)30-14-16-4-5-16)27-11-10-25(22(27)31)8-2-3-9-26-13-20(28)24-21(26)29/h6-7,12,15-16H,2-5,8-11,13-14H2,1H3,(H,24,28,29)/t15-/m1/s1. The topological polar surface area (TPSA) is 65.1 Å². The third-order valence-corrected chi connectivity index (χ3v) is 6.67. The molecule has 1 saturated carbocycles. The number of urea groups is 1. The Labute approximate surface area is 187 Å². The Morgan fingerprint density at radius 2 is 1.94 bits per heavy atom. The minimum atomic E-state index is -0.324. The molecule has 9 heteroatoms. The minimum absolute atomic E-state index is 0.0284. The highest BCUT2D eigenvalue weighted by Gasteiger charge is 2.30. The fraction of sp³-hybridized carbons (Fsp3) is 0.591. The quantitative estimate of drug-likeness (QED) is 0.337. The highest BCUT2D eigenvalue weighted by Crippen LogP contribution is 2.32. The van der Waals surface area contributed by atoms with Gasteiger partial charge in [0.15, 0.2) is 16.7 Å². The van der Waals surface area contributed by atoms with E-state index in [9.17, 15) is 14.0 Å². The van der Waals surface area contributed by atoms with E-state index >= 15 is 0 Å². The van der Waals surface area contributed by atoms with E-state index in [0.717, 1.165) is 43.2 Å². The summed E-state index contributed by atoms with van der Waals surface area (Å²) >= 11 is 5.71. The van der Waals surface area contributed by atoms with Crippen LogP contribution in [0.4, 0.5) is 9.18 Å². The number of ether oxygens (including phenoxy) is 1. The third-order valence-electron chi connectivity index (χ3n) is 6.18. The number of halogens is 1. The molecule has 1 aromatic carbocycles. The highest BCUT2D eigenvalue weighted by atomic mass is 32.1. The number of carbonyl (C=O) groups excluding carboxylic acids is 2. The predicted molar refractivity (Wildman–Crippen MR) is 118 cm³/mol. The van der Waals surface area contributed by atoms with E-state index in [1.807, 2.05) is 0 Å². The normalized spacial score (nSPS) is 19.9. The maximum absolute atomic E-state index is 14.1. The molecule has 2 aliphatic heterocycles. The fourth-order valence-corrected chi connectivity index (χ4v) is 4.43. The van der Waals surface area contributed by atoms with E-state index in [0.29, 0.717) is 24.8 Å². The average molecular weight is 449 g/mol. The Hall–Kier alpha value is -2.42. The van der Waals surface area contributed by atoms with Crippen LogP contribution in [0.2, 0.25) is 0 Å². The van der Waals surface area contributed by atoms with Gasteiger partial charge in [-0.05, 0) is 68.4 Å². The fourth-order valence-electron chi connectivity index (χ4n) is 4.00. The maximum Gasteiger partial charge on any atom is 0.324 e. The highest BCUT2D eigenvalue weighted by molar-refractivity contribution is 7.80. The van der Waals surface area contributed by atoms with Crippen LogP contribution in [0, 0.1) is 11.7 Å². The molecule has 3 fully saturated rings. The Balaban J connectivity index is 1.26. The zero-order valence-electron chi connectivity index (χ0n) is 17.8. The van der Waals surface area contributed by atoms with Crippen molar-refractivity contribution in [1.82, 2.24) is 20.0 Å². The van der Waals surface area contributed by atoms with Crippen LogP contribution in [0.25, 0.3) is 0 Å². The van der Waals surface area contributed by atoms with E-state index in [1.165, 1.54) is 23.8 Å². The number of nitrogens with zero attached hydrogens (tertiary/aromatic N) is 3. The summed E-state index contributed by atoms with van der Waals surface area (Å²) in [5.41, 5.74) is 0.987. The molecule has 31 heavy (non-hydrogen) atoms. The van der Waals surface area contributed by atoms with Gasteiger partial charge in [-0.25, -0.2) is 9.18 Å². The molecule has 4 rings (SSSR count). The van der Waals surface area contributed by atoms with Crippen molar-refractivity contribution in [2.75, 3.05) is 39.3 Å². The first-order valence-corrected chi connectivity index (χ1v) is 11.4. The van der Waals surface area contributed by atoms with Gasteiger partial charge in [0.1, 0.15) is 6.54 Å². The van der Waals surface area contributed by atoms with E-state index in [4.69, 9.17) is 17.0 Å². The summed E-state index contributed by atoms with van der Waals surface area (Å²) in [6.45, 7) is 5.85. The Morgan fingerprint density at radius 1 is 1.19 bits per heavy atom. The summed E-state index contributed by atoms with van der Waals surface area (Å²) in [7, 11) is 0. The minimum Gasteiger partial charge on any atom is -0.490 e. The van der Waals surface area contributed by atoms with Gasteiger partial charge >= 0.3 is 6.03 Å². The van der Waals surface area contributed by atoms with E-state index in [1.54, 1.807) is 12.1 Å².